The van der Waals surface area contributed by atoms with Crippen LogP contribution in [0.25, 0.3) is 21.9 Å². The number of hydrogen-bond donors (Lipinski definition) is 1. The van der Waals surface area contributed by atoms with Crippen molar-refractivity contribution in [3.05, 3.63) is 60.2 Å². The largest absolute Gasteiger partial charge is 0.386 e. The van der Waals surface area contributed by atoms with E-state index in [0.29, 0.717) is 0 Å². The monoisotopic (exact) mass is 278 g/mol. The Morgan fingerprint density at radius 3 is 2.57 bits per heavy atom. The summed E-state index contributed by atoms with van der Waals surface area (Å²) >= 11 is 0. The smallest absolute Gasteiger partial charge is 0.0861 e. The second-order valence-electron chi connectivity index (χ2n) is 5.87. The second kappa shape index (κ2) is 4.93. The lowest BCUT2D eigenvalue weighted by Gasteiger charge is -2.22. The van der Waals surface area contributed by atoms with Gasteiger partial charge in [0.2, 0.25) is 0 Å². The standard InChI is InChI=1S/C18H18N2O/c1-12-8-16(17(11-20-12)18(2,3)21)14-4-5-15-10-19-7-6-13(15)9-14/h4-11,21H,1-3H3. The SMILES string of the molecule is Cc1cc(-c2ccc3cnccc3c2)c(C(C)(C)O)cn1. The summed E-state index contributed by atoms with van der Waals surface area (Å²) < 4.78 is 0. The lowest BCUT2D eigenvalue weighted by Crippen LogP contribution is -2.17. The van der Waals surface area contributed by atoms with Crippen molar-refractivity contribution in [1.82, 2.24) is 9.97 Å². The maximum atomic E-state index is 10.4. The molecule has 0 saturated heterocycles. The van der Waals surface area contributed by atoms with Crippen molar-refractivity contribution >= 4 is 10.8 Å². The minimum absolute atomic E-state index is 0.835. The Hall–Kier alpha value is -2.26. The predicted molar refractivity (Wildman–Crippen MR) is 85.0 cm³/mol. The molecule has 0 aliphatic carbocycles. The highest BCUT2D eigenvalue weighted by atomic mass is 16.3. The van der Waals surface area contributed by atoms with Gasteiger partial charge in [-0.25, -0.2) is 0 Å². The van der Waals surface area contributed by atoms with Crippen LogP contribution < -0.4 is 0 Å². The Balaban J connectivity index is 2.24. The molecule has 1 aromatic carbocycles. The molecule has 2 aromatic heterocycles. The predicted octanol–water partition coefficient (Wildman–Crippen LogP) is 3.83. The zero-order valence-electron chi connectivity index (χ0n) is 12.5. The van der Waals surface area contributed by atoms with Crippen molar-refractivity contribution in [2.75, 3.05) is 0 Å². The van der Waals surface area contributed by atoms with E-state index in [1.165, 1.54) is 0 Å². The fourth-order valence-electron chi connectivity index (χ4n) is 2.54. The zero-order valence-corrected chi connectivity index (χ0v) is 12.5. The molecular weight excluding hydrogens is 260 g/mol. The van der Waals surface area contributed by atoms with Gasteiger partial charge < -0.3 is 5.11 Å². The quantitative estimate of drug-likeness (QED) is 0.775. The van der Waals surface area contributed by atoms with Crippen LogP contribution in [-0.4, -0.2) is 15.1 Å². The Bertz CT molecular complexity index is 804. The second-order valence-corrected chi connectivity index (χ2v) is 5.87. The number of aromatic nitrogens is 2. The highest BCUT2D eigenvalue weighted by molar-refractivity contribution is 5.87. The van der Waals surface area contributed by atoms with Gasteiger partial charge in [-0.3, -0.25) is 9.97 Å². The summed E-state index contributed by atoms with van der Waals surface area (Å²) in [5.41, 5.74) is 2.95. The van der Waals surface area contributed by atoms with Crippen molar-refractivity contribution in [2.45, 2.75) is 26.4 Å². The van der Waals surface area contributed by atoms with Crippen LogP contribution in [0.4, 0.5) is 0 Å². The maximum absolute atomic E-state index is 10.4. The summed E-state index contributed by atoms with van der Waals surface area (Å²) in [7, 11) is 0. The third kappa shape index (κ3) is 2.65. The van der Waals surface area contributed by atoms with Crippen molar-refractivity contribution < 1.29 is 5.11 Å². The van der Waals surface area contributed by atoms with Crippen molar-refractivity contribution in [3.63, 3.8) is 0 Å². The maximum Gasteiger partial charge on any atom is 0.0861 e. The number of aliphatic hydroxyl groups is 1. The first-order valence-corrected chi connectivity index (χ1v) is 6.99. The molecule has 0 aliphatic heterocycles. The van der Waals surface area contributed by atoms with E-state index in [1.54, 1.807) is 26.2 Å². The minimum Gasteiger partial charge on any atom is -0.386 e. The molecule has 0 spiro atoms. The topological polar surface area (TPSA) is 46.0 Å². The number of pyridine rings is 2. The van der Waals surface area contributed by atoms with E-state index < -0.39 is 5.60 Å². The number of nitrogens with zero attached hydrogens (tertiary/aromatic N) is 2. The fraction of sp³-hybridized carbons (Fsp3) is 0.222. The molecule has 1 N–H and O–H groups in total. The summed E-state index contributed by atoms with van der Waals surface area (Å²) in [4.78, 5) is 8.46. The number of benzene rings is 1. The zero-order chi connectivity index (χ0) is 15.0. The van der Waals surface area contributed by atoms with Crippen molar-refractivity contribution in [1.29, 1.82) is 0 Å². The Kier molecular flexibility index (Phi) is 3.22. The van der Waals surface area contributed by atoms with Gasteiger partial charge in [-0.2, -0.15) is 0 Å². The van der Waals surface area contributed by atoms with E-state index in [0.717, 1.165) is 33.2 Å². The van der Waals surface area contributed by atoms with E-state index in [1.807, 2.05) is 25.3 Å². The molecule has 21 heavy (non-hydrogen) atoms. The molecule has 3 aromatic rings. The molecule has 0 saturated carbocycles. The highest BCUT2D eigenvalue weighted by Gasteiger charge is 2.21. The first-order valence-electron chi connectivity index (χ1n) is 6.99. The average Bonchev–Trinajstić information content (AvgIpc) is 2.45. The number of aryl methyl sites for hydroxylation is 1. The molecule has 0 amide bonds. The number of fused-ring (bicyclic) bond motifs is 1. The minimum atomic E-state index is -0.927. The molecule has 0 aliphatic rings. The van der Waals surface area contributed by atoms with Crippen LogP contribution in [0.15, 0.2) is 48.9 Å². The lowest BCUT2D eigenvalue weighted by atomic mass is 9.90. The average molecular weight is 278 g/mol. The molecule has 3 heteroatoms. The van der Waals surface area contributed by atoms with Crippen LogP contribution in [0.5, 0.6) is 0 Å². The molecule has 0 bridgehead atoms. The molecular formula is C18H18N2O. The fourth-order valence-corrected chi connectivity index (χ4v) is 2.54. The van der Waals surface area contributed by atoms with Crippen molar-refractivity contribution in [3.8, 4) is 11.1 Å². The van der Waals surface area contributed by atoms with Gasteiger partial charge in [-0.15, -0.1) is 0 Å². The van der Waals surface area contributed by atoms with Gasteiger partial charge >= 0.3 is 0 Å². The van der Waals surface area contributed by atoms with Crippen LogP contribution in [0, 0.1) is 6.92 Å². The van der Waals surface area contributed by atoms with Gasteiger partial charge in [0.1, 0.15) is 0 Å². The Morgan fingerprint density at radius 1 is 1.00 bits per heavy atom. The Morgan fingerprint density at radius 2 is 1.81 bits per heavy atom. The van der Waals surface area contributed by atoms with Crippen LogP contribution in [0.3, 0.4) is 0 Å². The molecule has 3 nitrogen and oxygen atoms in total. The Labute approximate surface area is 124 Å². The van der Waals surface area contributed by atoms with Crippen LogP contribution >= 0.6 is 0 Å². The van der Waals surface area contributed by atoms with Crippen LogP contribution in [-0.2, 0) is 5.60 Å². The molecule has 106 valence electrons. The van der Waals surface area contributed by atoms with Crippen LogP contribution in [0.1, 0.15) is 25.1 Å². The van der Waals surface area contributed by atoms with E-state index in [9.17, 15) is 5.11 Å². The normalized spacial score (nSPS) is 11.8. The van der Waals surface area contributed by atoms with Gasteiger partial charge in [-0.05, 0) is 55.5 Å². The van der Waals surface area contributed by atoms with Crippen molar-refractivity contribution in [2.24, 2.45) is 0 Å². The summed E-state index contributed by atoms with van der Waals surface area (Å²) in [6, 6.07) is 10.3. The highest BCUT2D eigenvalue weighted by Crippen LogP contribution is 2.33. The van der Waals surface area contributed by atoms with E-state index in [-0.39, 0.29) is 0 Å². The van der Waals surface area contributed by atoms with Gasteiger partial charge in [-0.1, -0.05) is 12.1 Å². The summed E-state index contributed by atoms with van der Waals surface area (Å²) in [5, 5.41) is 12.6. The number of rotatable bonds is 2. The summed E-state index contributed by atoms with van der Waals surface area (Å²) in [6.45, 7) is 5.53. The van der Waals surface area contributed by atoms with E-state index in [2.05, 4.69) is 28.2 Å². The lowest BCUT2D eigenvalue weighted by molar-refractivity contribution is 0.0788. The summed E-state index contributed by atoms with van der Waals surface area (Å²) in [6.07, 6.45) is 5.41. The van der Waals surface area contributed by atoms with Gasteiger partial charge in [0.15, 0.2) is 0 Å². The first kappa shape index (κ1) is 13.7. The molecule has 0 atom stereocenters. The van der Waals surface area contributed by atoms with Crippen LogP contribution in [0.2, 0.25) is 0 Å². The molecule has 0 unspecified atom stereocenters. The van der Waals surface area contributed by atoms with Gasteiger partial charge in [0.25, 0.3) is 0 Å². The third-order valence-electron chi connectivity index (χ3n) is 3.65. The van der Waals surface area contributed by atoms with E-state index >= 15 is 0 Å². The van der Waals surface area contributed by atoms with E-state index in [4.69, 9.17) is 0 Å². The third-order valence-corrected chi connectivity index (χ3v) is 3.65. The molecule has 0 radical (unpaired) electrons. The molecule has 3 rings (SSSR count). The van der Waals surface area contributed by atoms with Gasteiger partial charge in [0, 0.05) is 35.2 Å². The van der Waals surface area contributed by atoms with Gasteiger partial charge in [0.05, 0.1) is 5.60 Å². The molecule has 2 heterocycles. The summed E-state index contributed by atoms with van der Waals surface area (Å²) in [5.74, 6) is 0. The molecule has 0 fully saturated rings. The first-order chi connectivity index (χ1) is 9.95. The number of hydrogen-bond acceptors (Lipinski definition) is 3.